The first-order chi connectivity index (χ1) is 15.5. The number of hydrogen-bond acceptors (Lipinski definition) is 5. The van der Waals surface area contributed by atoms with Gasteiger partial charge in [0, 0.05) is 5.56 Å². The molecule has 0 spiro atoms. The SMILES string of the molecule is CCOc1cc(C(=O)N/N=C/c2cc(Br)c(OCc3ccccc3)c(Br)c2)ccc1OC. The van der Waals surface area contributed by atoms with Gasteiger partial charge < -0.3 is 14.2 Å². The number of methoxy groups -OCH3 is 1. The minimum absolute atomic E-state index is 0.356. The maximum atomic E-state index is 12.4. The number of carbonyl (C=O) groups excluding carboxylic acids is 1. The van der Waals surface area contributed by atoms with Gasteiger partial charge in [0.25, 0.3) is 5.91 Å². The number of carbonyl (C=O) groups is 1. The molecule has 1 N–H and O–H groups in total. The first-order valence-corrected chi connectivity index (χ1v) is 11.4. The van der Waals surface area contributed by atoms with E-state index < -0.39 is 0 Å². The summed E-state index contributed by atoms with van der Waals surface area (Å²) in [6.45, 7) is 2.78. The van der Waals surface area contributed by atoms with Crippen molar-refractivity contribution in [2.24, 2.45) is 5.10 Å². The van der Waals surface area contributed by atoms with E-state index in [2.05, 4.69) is 42.4 Å². The number of nitrogens with one attached hydrogen (secondary N) is 1. The van der Waals surface area contributed by atoms with Crippen molar-refractivity contribution in [3.8, 4) is 17.2 Å². The van der Waals surface area contributed by atoms with E-state index >= 15 is 0 Å². The zero-order valence-corrected chi connectivity index (χ0v) is 20.8. The van der Waals surface area contributed by atoms with Crippen LogP contribution in [0, 0.1) is 0 Å². The van der Waals surface area contributed by atoms with Gasteiger partial charge in [-0.25, -0.2) is 5.43 Å². The monoisotopic (exact) mass is 560 g/mol. The van der Waals surface area contributed by atoms with Gasteiger partial charge in [-0.05, 0) is 80.2 Å². The van der Waals surface area contributed by atoms with Gasteiger partial charge in [0.05, 0.1) is 28.9 Å². The highest BCUT2D eigenvalue weighted by atomic mass is 79.9. The number of rotatable bonds is 9. The molecule has 0 aliphatic heterocycles. The first-order valence-electron chi connectivity index (χ1n) is 9.81. The predicted octanol–water partition coefficient (Wildman–Crippen LogP) is 5.96. The van der Waals surface area contributed by atoms with Crippen molar-refractivity contribution in [3.05, 3.63) is 86.3 Å². The molecule has 0 saturated carbocycles. The molecular weight excluding hydrogens is 540 g/mol. The molecule has 0 atom stereocenters. The lowest BCUT2D eigenvalue weighted by Crippen LogP contribution is -2.17. The van der Waals surface area contributed by atoms with Gasteiger partial charge in [-0.1, -0.05) is 30.3 Å². The summed E-state index contributed by atoms with van der Waals surface area (Å²) in [4.78, 5) is 12.4. The Morgan fingerprint density at radius 1 is 1.00 bits per heavy atom. The van der Waals surface area contributed by atoms with E-state index in [1.54, 1.807) is 31.5 Å². The standard InChI is InChI=1S/C24H22Br2N2O4/c1-3-31-22-13-18(9-10-21(22)30-2)24(29)28-27-14-17-11-19(25)23(20(26)12-17)32-15-16-7-5-4-6-8-16/h4-14H,3,15H2,1-2H3,(H,28,29)/b27-14+. The molecule has 8 heteroatoms. The second-order valence-corrected chi connectivity index (χ2v) is 8.29. The molecule has 32 heavy (non-hydrogen) atoms. The predicted molar refractivity (Wildman–Crippen MR) is 132 cm³/mol. The van der Waals surface area contributed by atoms with Gasteiger partial charge >= 0.3 is 0 Å². The largest absolute Gasteiger partial charge is 0.493 e. The normalized spacial score (nSPS) is 10.8. The van der Waals surface area contributed by atoms with Crippen molar-refractivity contribution >= 4 is 44.0 Å². The van der Waals surface area contributed by atoms with Crippen LogP contribution < -0.4 is 19.6 Å². The molecule has 3 rings (SSSR count). The van der Waals surface area contributed by atoms with E-state index in [1.807, 2.05) is 49.4 Å². The summed E-state index contributed by atoms with van der Waals surface area (Å²) in [5, 5.41) is 4.06. The molecule has 0 aliphatic rings. The molecule has 0 bridgehead atoms. The second-order valence-electron chi connectivity index (χ2n) is 6.59. The average molecular weight is 562 g/mol. The van der Waals surface area contributed by atoms with Crippen LogP contribution in [0.2, 0.25) is 0 Å². The summed E-state index contributed by atoms with van der Waals surface area (Å²) < 4.78 is 18.2. The molecule has 0 aromatic heterocycles. The van der Waals surface area contributed by atoms with Crippen LogP contribution in [0.4, 0.5) is 0 Å². The van der Waals surface area contributed by atoms with E-state index in [9.17, 15) is 4.79 Å². The lowest BCUT2D eigenvalue weighted by Gasteiger charge is -2.11. The van der Waals surface area contributed by atoms with Crippen LogP contribution in [-0.2, 0) is 6.61 Å². The molecule has 3 aromatic carbocycles. The summed E-state index contributed by atoms with van der Waals surface area (Å²) in [6.07, 6.45) is 1.56. The van der Waals surface area contributed by atoms with Gasteiger partial charge in [0.15, 0.2) is 11.5 Å². The van der Waals surface area contributed by atoms with Crippen LogP contribution in [-0.4, -0.2) is 25.8 Å². The van der Waals surface area contributed by atoms with Gasteiger partial charge in [0.2, 0.25) is 0 Å². The van der Waals surface area contributed by atoms with E-state index in [0.29, 0.717) is 36.0 Å². The van der Waals surface area contributed by atoms with Crippen molar-refractivity contribution in [3.63, 3.8) is 0 Å². The number of amides is 1. The van der Waals surface area contributed by atoms with Crippen molar-refractivity contribution in [2.45, 2.75) is 13.5 Å². The Morgan fingerprint density at radius 2 is 1.72 bits per heavy atom. The quantitative estimate of drug-likeness (QED) is 0.258. The number of halogens is 2. The van der Waals surface area contributed by atoms with Crippen LogP contribution in [0.3, 0.4) is 0 Å². The third-order valence-corrected chi connectivity index (χ3v) is 5.53. The molecule has 0 radical (unpaired) electrons. The topological polar surface area (TPSA) is 69.2 Å². The fourth-order valence-electron chi connectivity index (χ4n) is 2.84. The third kappa shape index (κ3) is 6.34. The van der Waals surface area contributed by atoms with Crippen LogP contribution in [0.5, 0.6) is 17.2 Å². The smallest absolute Gasteiger partial charge is 0.271 e. The van der Waals surface area contributed by atoms with Crippen LogP contribution in [0.25, 0.3) is 0 Å². The van der Waals surface area contributed by atoms with E-state index in [-0.39, 0.29) is 5.91 Å². The van der Waals surface area contributed by atoms with Crippen LogP contribution >= 0.6 is 31.9 Å². The summed E-state index contributed by atoms with van der Waals surface area (Å²) in [5.41, 5.74) is 4.80. The minimum Gasteiger partial charge on any atom is -0.493 e. The van der Waals surface area contributed by atoms with Crippen molar-refractivity contribution in [1.82, 2.24) is 5.43 Å². The van der Waals surface area contributed by atoms with Crippen LogP contribution in [0.1, 0.15) is 28.4 Å². The van der Waals surface area contributed by atoms with E-state index in [4.69, 9.17) is 14.2 Å². The van der Waals surface area contributed by atoms with E-state index in [1.165, 1.54) is 0 Å². The fourth-order valence-corrected chi connectivity index (χ4v) is 4.29. The number of hydrogen-bond donors (Lipinski definition) is 1. The second kappa shape index (κ2) is 11.7. The molecular formula is C24H22Br2N2O4. The summed E-state index contributed by atoms with van der Waals surface area (Å²) in [5.74, 6) is 1.41. The Balaban J connectivity index is 1.65. The lowest BCUT2D eigenvalue weighted by atomic mass is 10.2. The number of benzene rings is 3. The Labute approximate surface area is 203 Å². The highest BCUT2D eigenvalue weighted by Crippen LogP contribution is 2.35. The zero-order chi connectivity index (χ0) is 22.9. The molecule has 0 unspecified atom stereocenters. The highest BCUT2D eigenvalue weighted by molar-refractivity contribution is 9.11. The van der Waals surface area contributed by atoms with Crippen molar-refractivity contribution in [1.29, 1.82) is 0 Å². The zero-order valence-electron chi connectivity index (χ0n) is 17.6. The Morgan fingerprint density at radius 3 is 2.38 bits per heavy atom. The average Bonchev–Trinajstić information content (AvgIpc) is 2.79. The Bertz CT molecular complexity index is 1080. The highest BCUT2D eigenvalue weighted by Gasteiger charge is 2.11. The van der Waals surface area contributed by atoms with Gasteiger partial charge in [-0.2, -0.15) is 5.10 Å². The molecule has 3 aromatic rings. The fraction of sp³-hybridized carbons (Fsp3) is 0.167. The Kier molecular flexibility index (Phi) is 8.70. The molecule has 166 valence electrons. The Hall–Kier alpha value is -2.84. The minimum atomic E-state index is -0.356. The first kappa shape index (κ1) is 23.8. The molecule has 0 saturated heterocycles. The summed E-state index contributed by atoms with van der Waals surface area (Å²) in [7, 11) is 1.55. The summed E-state index contributed by atoms with van der Waals surface area (Å²) in [6, 6.07) is 18.6. The van der Waals surface area contributed by atoms with Crippen molar-refractivity contribution < 1.29 is 19.0 Å². The lowest BCUT2D eigenvalue weighted by molar-refractivity contribution is 0.0954. The summed E-state index contributed by atoms with van der Waals surface area (Å²) >= 11 is 7.07. The number of hydrazone groups is 1. The van der Waals surface area contributed by atoms with E-state index in [0.717, 1.165) is 20.1 Å². The molecule has 6 nitrogen and oxygen atoms in total. The number of ether oxygens (including phenoxy) is 3. The molecule has 0 aliphatic carbocycles. The number of nitrogens with zero attached hydrogens (tertiary/aromatic N) is 1. The maximum Gasteiger partial charge on any atom is 0.271 e. The molecule has 0 fully saturated rings. The molecule has 1 amide bonds. The third-order valence-electron chi connectivity index (χ3n) is 4.35. The van der Waals surface area contributed by atoms with Crippen LogP contribution in [0.15, 0.2) is 74.7 Å². The van der Waals surface area contributed by atoms with Gasteiger partial charge in [0.1, 0.15) is 12.4 Å². The van der Waals surface area contributed by atoms with Gasteiger partial charge in [-0.15, -0.1) is 0 Å². The maximum absolute atomic E-state index is 12.4. The van der Waals surface area contributed by atoms with Gasteiger partial charge in [-0.3, -0.25) is 4.79 Å². The van der Waals surface area contributed by atoms with Crippen molar-refractivity contribution in [2.75, 3.05) is 13.7 Å². The molecule has 0 heterocycles.